The number of aromatic nitrogens is 2. The van der Waals surface area contributed by atoms with Crippen LogP contribution in [0.5, 0.6) is 5.75 Å². The first-order chi connectivity index (χ1) is 15.6. The molecule has 2 heterocycles. The van der Waals surface area contributed by atoms with Gasteiger partial charge in [-0.2, -0.15) is 13.9 Å². The first-order valence-electron chi connectivity index (χ1n) is 9.38. The largest absolute Gasteiger partial charge is 0.479 e. The lowest BCUT2D eigenvalue weighted by molar-refractivity contribution is 0.0816. The van der Waals surface area contributed by atoms with E-state index in [9.17, 15) is 31.5 Å². The highest BCUT2D eigenvalue weighted by atomic mass is 19.2. The van der Waals surface area contributed by atoms with E-state index in [-0.39, 0.29) is 22.9 Å². The third kappa shape index (κ3) is 4.52. The maximum Gasteiger partial charge on any atom is 0.291 e. The number of carbonyl (C=O) groups is 2. The van der Waals surface area contributed by atoms with Crippen LogP contribution in [0.25, 0.3) is 0 Å². The summed E-state index contributed by atoms with van der Waals surface area (Å²) < 4.78 is 78.3. The summed E-state index contributed by atoms with van der Waals surface area (Å²) in [6, 6.07) is 2.41. The van der Waals surface area contributed by atoms with E-state index >= 15 is 0 Å². The van der Waals surface area contributed by atoms with Crippen molar-refractivity contribution < 1.29 is 40.7 Å². The van der Waals surface area contributed by atoms with E-state index in [1.165, 1.54) is 42.0 Å². The molecule has 13 heteroatoms. The summed E-state index contributed by atoms with van der Waals surface area (Å²) in [7, 11) is 3.06. The number of furan rings is 1. The molecule has 2 aromatic heterocycles. The predicted molar refractivity (Wildman–Crippen MR) is 103 cm³/mol. The Bertz CT molecular complexity index is 1190. The van der Waals surface area contributed by atoms with Crippen LogP contribution in [0.2, 0.25) is 0 Å². The molecule has 0 aliphatic carbocycles. The van der Waals surface area contributed by atoms with Crippen LogP contribution < -0.4 is 10.1 Å². The van der Waals surface area contributed by atoms with Gasteiger partial charge in [-0.25, -0.2) is 13.2 Å². The SMILES string of the molecule is CCn1ncc(NC(=O)c2ccc(COc3c(F)c(F)c(F)c(F)c3F)o2)c1C(=O)N(C)C. The van der Waals surface area contributed by atoms with E-state index in [0.29, 0.717) is 6.54 Å². The van der Waals surface area contributed by atoms with Gasteiger partial charge in [0.05, 0.1) is 11.9 Å². The van der Waals surface area contributed by atoms with E-state index in [1.54, 1.807) is 6.92 Å². The van der Waals surface area contributed by atoms with Gasteiger partial charge in [-0.15, -0.1) is 0 Å². The quantitative estimate of drug-likeness (QED) is 0.322. The van der Waals surface area contributed by atoms with Crippen molar-refractivity contribution in [2.75, 3.05) is 19.4 Å². The Morgan fingerprint density at radius 3 is 2.24 bits per heavy atom. The highest BCUT2D eigenvalue weighted by molar-refractivity contribution is 6.07. The van der Waals surface area contributed by atoms with Crippen LogP contribution in [0, 0.1) is 29.1 Å². The Kier molecular flexibility index (Phi) is 6.70. The van der Waals surface area contributed by atoms with Gasteiger partial charge < -0.3 is 19.4 Å². The van der Waals surface area contributed by atoms with Crippen LogP contribution in [-0.2, 0) is 13.2 Å². The molecule has 0 bridgehead atoms. The number of benzene rings is 1. The third-order valence-electron chi connectivity index (χ3n) is 4.41. The lowest BCUT2D eigenvalue weighted by atomic mass is 10.2. The second kappa shape index (κ2) is 9.30. The topological polar surface area (TPSA) is 89.6 Å². The van der Waals surface area contributed by atoms with Crippen molar-refractivity contribution in [3.8, 4) is 5.75 Å². The van der Waals surface area contributed by atoms with Crippen molar-refractivity contribution in [1.29, 1.82) is 0 Å². The average Bonchev–Trinajstić information content (AvgIpc) is 3.42. The van der Waals surface area contributed by atoms with Crippen molar-refractivity contribution in [3.63, 3.8) is 0 Å². The van der Waals surface area contributed by atoms with Gasteiger partial charge in [0.15, 0.2) is 11.5 Å². The van der Waals surface area contributed by atoms with Crippen LogP contribution >= 0.6 is 0 Å². The Morgan fingerprint density at radius 1 is 1.06 bits per heavy atom. The summed E-state index contributed by atoms with van der Waals surface area (Å²) in [5.41, 5.74) is 0.258. The maximum atomic E-state index is 13.7. The molecule has 1 N–H and O–H groups in total. The molecule has 8 nitrogen and oxygen atoms in total. The fourth-order valence-electron chi connectivity index (χ4n) is 2.77. The Labute approximate surface area is 183 Å². The first kappa shape index (κ1) is 23.8. The zero-order valence-electron chi connectivity index (χ0n) is 17.5. The van der Waals surface area contributed by atoms with E-state index in [4.69, 9.17) is 9.15 Å². The van der Waals surface area contributed by atoms with Crippen molar-refractivity contribution >= 4 is 17.5 Å². The second-order valence-corrected chi connectivity index (χ2v) is 6.83. The van der Waals surface area contributed by atoms with Gasteiger partial charge in [0.1, 0.15) is 18.1 Å². The monoisotopic (exact) mass is 472 g/mol. The molecule has 2 amide bonds. The van der Waals surface area contributed by atoms with Crippen molar-refractivity contribution in [2.45, 2.75) is 20.1 Å². The molecule has 33 heavy (non-hydrogen) atoms. The summed E-state index contributed by atoms with van der Waals surface area (Å²) in [5, 5.41) is 6.51. The van der Waals surface area contributed by atoms with E-state index < -0.39 is 53.3 Å². The fraction of sp³-hybridized carbons (Fsp3) is 0.250. The molecule has 3 rings (SSSR count). The van der Waals surface area contributed by atoms with Gasteiger partial charge in [0, 0.05) is 20.6 Å². The number of carbonyl (C=O) groups excluding carboxylic acids is 2. The normalized spacial score (nSPS) is 10.9. The number of ether oxygens (including phenoxy) is 1. The van der Waals surface area contributed by atoms with Crippen molar-refractivity contribution in [3.05, 3.63) is 64.6 Å². The minimum atomic E-state index is -2.31. The standard InChI is InChI=1S/C20H17F5N4O4/c1-4-29-17(20(31)28(2)3)10(7-26-29)27-19(30)11-6-5-9(33-11)8-32-18-15(24)13(22)12(21)14(23)16(18)25/h5-7H,4,8H2,1-3H3,(H,27,30). The molecule has 0 spiro atoms. The van der Waals surface area contributed by atoms with Crippen molar-refractivity contribution in [1.82, 2.24) is 14.7 Å². The summed E-state index contributed by atoms with van der Waals surface area (Å²) in [4.78, 5) is 26.2. The zero-order valence-corrected chi connectivity index (χ0v) is 17.5. The molecule has 0 radical (unpaired) electrons. The van der Waals surface area contributed by atoms with Crippen molar-refractivity contribution in [2.24, 2.45) is 0 Å². The van der Waals surface area contributed by atoms with Gasteiger partial charge in [-0.05, 0) is 19.1 Å². The molecule has 0 aliphatic heterocycles. The van der Waals surface area contributed by atoms with Crippen LogP contribution in [0.4, 0.5) is 27.6 Å². The Balaban J connectivity index is 1.75. The van der Waals surface area contributed by atoms with E-state index in [1.807, 2.05) is 0 Å². The van der Waals surface area contributed by atoms with Crippen LogP contribution in [0.15, 0.2) is 22.7 Å². The van der Waals surface area contributed by atoms with Crippen LogP contribution in [-0.4, -0.2) is 40.6 Å². The third-order valence-corrected chi connectivity index (χ3v) is 4.41. The van der Waals surface area contributed by atoms with Gasteiger partial charge in [-0.3, -0.25) is 14.3 Å². The number of amides is 2. The minimum Gasteiger partial charge on any atom is -0.479 e. The zero-order chi connectivity index (χ0) is 24.4. The average molecular weight is 472 g/mol. The highest BCUT2D eigenvalue weighted by Crippen LogP contribution is 2.30. The maximum absolute atomic E-state index is 13.7. The lowest BCUT2D eigenvalue weighted by Gasteiger charge is -2.13. The number of rotatable bonds is 7. The smallest absolute Gasteiger partial charge is 0.291 e. The second-order valence-electron chi connectivity index (χ2n) is 6.83. The van der Waals surface area contributed by atoms with Crippen LogP contribution in [0.1, 0.15) is 33.7 Å². The summed E-state index contributed by atoms with van der Waals surface area (Å²) in [6.45, 7) is 1.39. The summed E-state index contributed by atoms with van der Waals surface area (Å²) in [5.74, 6) is -14.0. The van der Waals surface area contributed by atoms with Gasteiger partial charge in [0.25, 0.3) is 11.8 Å². The predicted octanol–water partition coefficient (Wildman–Crippen LogP) is 3.72. The number of nitrogens with one attached hydrogen (secondary N) is 1. The number of halogens is 5. The lowest BCUT2D eigenvalue weighted by Crippen LogP contribution is -2.26. The number of hydrogen-bond acceptors (Lipinski definition) is 5. The summed E-state index contributed by atoms with van der Waals surface area (Å²) >= 11 is 0. The Morgan fingerprint density at radius 2 is 1.67 bits per heavy atom. The molecule has 0 unspecified atom stereocenters. The number of nitrogens with zero attached hydrogens (tertiary/aromatic N) is 3. The van der Waals surface area contributed by atoms with Gasteiger partial charge in [0.2, 0.25) is 29.1 Å². The molecule has 0 saturated heterocycles. The Hall–Kier alpha value is -3.90. The minimum absolute atomic E-state index is 0.121. The molecule has 3 aromatic rings. The number of aryl methyl sites for hydroxylation is 1. The molecule has 0 aliphatic rings. The van der Waals surface area contributed by atoms with Gasteiger partial charge >= 0.3 is 0 Å². The molecule has 0 atom stereocenters. The van der Waals surface area contributed by atoms with Crippen LogP contribution in [0.3, 0.4) is 0 Å². The molecule has 1 aromatic carbocycles. The van der Waals surface area contributed by atoms with E-state index in [0.717, 1.165) is 0 Å². The number of hydrogen-bond donors (Lipinski definition) is 1. The fourth-order valence-corrected chi connectivity index (χ4v) is 2.77. The molecular formula is C20H17F5N4O4. The first-order valence-corrected chi connectivity index (χ1v) is 9.38. The molecule has 176 valence electrons. The number of anilines is 1. The van der Waals surface area contributed by atoms with E-state index in [2.05, 4.69) is 10.4 Å². The molecule has 0 saturated carbocycles. The molecule has 0 fully saturated rings. The molecular weight excluding hydrogens is 455 g/mol. The summed E-state index contributed by atoms with van der Waals surface area (Å²) in [6.07, 6.45) is 1.29. The van der Waals surface area contributed by atoms with Gasteiger partial charge in [-0.1, -0.05) is 0 Å². The highest BCUT2D eigenvalue weighted by Gasteiger charge is 2.27.